The third-order valence-corrected chi connectivity index (χ3v) is 11.9. The van der Waals surface area contributed by atoms with Crippen LogP contribution in [0.15, 0.2) is 12.1 Å². The molecule has 6 rings (SSSR count). The molecule has 4 heteroatoms. The van der Waals surface area contributed by atoms with Gasteiger partial charge in [0.05, 0.1) is 5.60 Å². The lowest BCUT2D eigenvalue weighted by molar-refractivity contribution is -0.209. The number of nitrogens with one attached hydrogen (secondary N) is 2. The lowest BCUT2D eigenvalue weighted by atomic mass is 9.43. The zero-order valence-corrected chi connectivity index (χ0v) is 22.6. The molecule has 34 heavy (non-hydrogen) atoms. The lowest BCUT2D eigenvalue weighted by Gasteiger charge is -2.65. The predicted octanol–water partition coefficient (Wildman–Crippen LogP) is 5.50. The second-order valence-corrected chi connectivity index (χ2v) is 14.0. The van der Waals surface area contributed by atoms with E-state index in [9.17, 15) is 10.2 Å². The van der Waals surface area contributed by atoms with E-state index in [1.807, 2.05) is 6.92 Å². The van der Waals surface area contributed by atoms with Crippen molar-refractivity contribution in [3.8, 4) is 5.75 Å². The molecule has 0 aliphatic heterocycles. The summed E-state index contributed by atoms with van der Waals surface area (Å²) in [5.74, 6) is 2.85. The largest absolute Gasteiger partial charge is 0.507 e. The van der Waals surface area contributed by atoms with E-state index >= 15 is 0 Å². The summed E-state index contributed by atoms with van der Waals surface area (Å²) in [7, 11) is 0. The molecule has 1 aromatic rings. The van der Waals surface area contributed by atoms with Crippen molar-refractivity contribution in [1.82, 2.24) is 10.6 Å². The summed E-state index contributed by atoms with van der Waals surface area (Å²) >= 11 is 0. The summed E-state index contributed by atoms with van der Waals surface area (Å²) in [6, 6.07) is 4.55. The van der Waals surface area contributed by atoms with E-state index in [1.54, 1.807) is 0 Å². The molecule has 5 aliphatic carbocycles. The van der Waals surface area contributed by atoms with Gasteiger partial charge in [0.25, 0.3) is 0 Å². The van der Waals surface area contributed by atoms with Gasteiger partial charge in [0.2, 0.25) is 0 Å². The second kappa shape index (κ2) is 7.95. The third kappa shape index (κ3) is 3.42. The first-order valence-electron chi connectivity index (χ1n) is 13.8. The van der Waals surface area contributed by atoms with Crippen LogP contribution in [-0.4, -0.2) is 34.9 Å². The first-order chi connectivity index (χ1) is 15.8. The minimum absolute atomic E-state index is 0.173. The van der Waals surface area contributed by atoms with E-state index in [1.165, 1.54) is 36.8 Å². The Morgan fingerprint density at radius 2 is 1.71 bits per heavy atom. The Labute approximate surface area is 207 Å². The first-order valence-corrected chi connectivity index (χ1v) is 13.8. The number of hydrogen-bond acceptors (Lipinski definition) is 4. The van der Waals surface area contributed by atoms with Gasteiger partial charge in [-0.25, -0.2) is 0 Å². The van der Waals surface area contributed by atoms with Gasteiger partial charge < -0.3 is 20.8 Å². The van der Waals surface area contributed by atoms with Crippen molar-refractivity contribution in [2.24, 2.45) is 34.0 Å². The quantitative estimate of drug-likeness (QED) is 0.399. The van der Waals surface area contributed by atoms with Gasteiger partial charge >= 0.3 is 0 Å². The van der Waals surface area contributed by atoms with Crippen molar-refractivity contribution >= 4 is 0 Å². The van der Waals surface area contributed by atoms with Crippen molar-refractivity contribution in [3.05, 3.63) is 28.8 Å². The lowest BCUT2D eigenvalue weighted by Crippen LogP contribution is -2.69. The van der Waals surface area contributed by atoms with Crippen molar-refractivity contribution in [3.63, 3.8) is 0 Å². The van der Waals surface area contributed by atoms with E-state index in [4.69, 9.17) is 0 Å². The molecule has 5 aliphatic rings. The molecule has 5 fully saturated rings. The van der Waals surface area contributed by atoms with Gasteiger partial charge in [0.15, 0.2) is 0 Å². The number of aliphatic hydroxyl groups is 1. The van der Waals surface area contributed by atoms with Crippen LogP contribution in [0.25, 0.3) is 0 Å². The molecule has 7 atom stereocenters. The van der Waals surface area contributed by atoms with Crippen LogP contribution in [0.2, 0.25) is 0 Å². The number of fused-ring (bicyclic) bond motifs is 4. The average molecular weight is 469 g/mol. The van der Waals surface area contributed by atoms with Crippen LogP contribution in [0.5, 0.6) is 5.75 Å². The van der Waals surface area contributed by atoms with Crippen molar-refractivity contribution in [1.29, 1.82) is 0 Å². The molecule has 5 saturated carbocycles. The zero-order valence-electron chi connectivity index (χ0n) is 22.6. The van der Waals surface area contributed by atoms with Gasteiger partial charge in [-0.05, 0) is 91.4 Å². The number of aryl methyl sites for hydroxylation is 1. The Bertz CT molecular complexity index is 951. The summed E-state index contributed by atoms with van der Waals surface area (Å²) in [6.45, 7) is 18.5. The molecule has 4 bridgehead atoms. The first kappa shape index (κ1) is 24.6. The van der Waals surface area contributed by atoms with Crippen LogP contribution in [-0.2, 0) is 6.54 Å². The monoisotopic (exact) mass is 468 g/mol. The van der Waals surface area contributed by atoms with Gasteiger partial charge in [-0.1, -0.05) is 52.3 Å². The SMILES string of the molecule is Cc1cc(CNCCN[C@@H]2C[C@H]3C[C@H](C3(C)C)[C@@]2(C)O)c(O)c([C@@H]2C[C@H]3CC[C@]2(C)C3(C)C)c1. The van der Waals surface area contributed by atoms with Crippen molar-refractivity contribution in [2.75, 3.05) is 13.1 Å². The molecular formula is C30H48N2O2. The minimum Gasteiger partial charge on any atom is -0.507 e. The van der Waals surface area contributed by atoms with Gasteiger partial charge in [-0.2, -0.15) is 0 Å². The zero-order chi connectivity index (χ0) is 24.7. The summed E-state index contributed by atoms with van der Waals surface area (Å²) < 4.78 is 0. The highest BCUT2D eigenvalue weighted by atomic mass is 16.3. The fourth-order valence-corrected chi connectivity index (χ4v) is 8.98. The molecule has 0 radical (unpaired) electrons. The highest BCUT2D eigenvalue weighted by Gasteiger charge is 2.63. The molecule has 4 N–H and O–H groups in total. The molecule has 190 valence electrons. The molecule has 0 aromatic heterocycles. The highest BCUT2D eigenvalue weighted by molar-refractivity contribution is 5.47. The molecule has 4 nitrogen and oxygen atoms in total. The van der Waals surface area contributed by atoms with Gasteiger partial charge in [-0.3, -0.25) is 0 Å². The van der Waals surface area contributed by atoms with E-state index in [0.717, 1.165) is 36.9 Å². The Morgan fingerprint density at radius 1 is 0.971 bits per heavy atom. The second-order valence-electron chi connectivity index (χ2n) is 14.0. The molecular weight excluding hydrogens is 420 g/mol. The fraction of sp³-hybridized carbons (Fsp3) is 0.800. The molecule has 0 spiro atoms. The van der Waals surface area contributed by atoms with Crippen LogP contribution in [0.1, 0.15) is 96.3 Å². The molecule has 0 amide bonds. The van der Waals surface area contributed by atoms with E-state index in [2.05, 4.69) is 64.3 Å². The Balaban J connectivity index is 1.19. The van der Waals surface area contributed by atoms with Crippen LogP contribution in [0, 0.1) is 40.9 Å². The fourth-order valence-electron chi connectivity index (χ4n) is 8.98. The normalized spacial score (nSPS) is 41.5. The van der Waals surface area contributed by atoms with E-state index in [0.29, 0.717) is 29.5 Å². The number of phenolic OH excluding ortho intramolecular Hbond substituents is 1. The summed E-state index contributed by atoms with van der Waals surface area (Å²) in [4.78, 5) is 0. The summed E-state index contributed by atoms with van der Waals surface area (Å²) in [5, 5.41) is 29.7. The van der Waals surface area contributed by atoms with Crippen molar-refractivity contribution in [2.45, 2.75) is 105 Å². The maximum Gasteiger partial charge on any atom is 0.123 e. The van der Waals surface area contributed by atoms with Crippen LogP contribution in [0.4, 0.5) is 0 Å². The topological polar surface area (TPSA) is 64.5 Å². The van der Waals surface area contributed by atoms with Crippen LogP contribution in [0.3, 0.4) is 0 Å². The van der Waals surface area contributed by atoms with Crippen LogP contribution < -0.4 is 10.6 Å². The summed E-state index contributed by atoms with van der Waals surface area (Å²) in [6.07, 6.45) is 6.05. The molecule has 0 saturated heterocycles. The number of hydrogen-bond donors (Lipinski definition) is 4. The summed E-state index contributed by atoms with van der Waals surface area (Å²) in [5.41, 5.74) is 3.68. The number of phenols is 1. The van der Waals surface area contributed by atoms with E-state index < -0.39 is 5.60 Å². The number of rotatable bonds is 7. The Hall–Kier alpha value is -1.10. The Morgan fingerprint density at radius 3 is 2.29 bits per heavy atom. The standard InChI is InChI=1S/C30H48N2O2/c1-18-12-19(26(33)22(13-18)23-14-20-8-9-29(23,6)28(20,4)5)17-31-10-11-32-25-16-21-15-24(27(21,2)3)30(25,7)34/h12-13,20-21,23-25,31-34H,8-11,14-17H2,1-7H3/t20-,21-,23+,24-,25-,29+,30-/m1/s1. The van der Waals surface area contributed by atoms with Gasteiger partial charge in [0.1, 0.15) is 5.75 Å². The maximum absolute atomic E-state index is 11.3. The smallest absolute Gasteiger partial charge is 0.123 e. The molecule has 0 unspecified atom stereocenters. The Kier molecular flexibility index (Phi) is 5.75. The molecule has 0 heterocycles. The number of aromatic hydroxyl groups is 1. The average Bonchev–Trinajstić information content (AvgIpc) is 3.09. The maximum atomic E-state index is 11.3. The number of benzene rings is 1. The van der Waals surface area contributed by atoms with Crippen molar-refractivity contribution < 1.29 is 10.2 Å². The van der Waals surface area contributed by atoms with Gasteiger partial charge in [0, 0.05) is 31.2 Å². The third-order valence-electron chi connectivity index (χ3n) is 11.9. The highest BCUT2D eigenvalue weighted by Crippen LogP contribution is 2.71. The van der Waals surface area contributed by atoms with E-state index in [-0.39, 0.29) is 16.9 Å². The molecule has 1 aromatic carbocycles. The van der Waals surface area contributed by atoms with Crippen LogP contribution >= 0.6 is 0 Å². The predicted molar refractivity (Wildman–Crippen MR) is 139 cm³/mol. The van der Waals surface area contributed by atoms with Gasteiger partial charge in [-0.15, -0.1) is 0 Å². The minimum atomic E-state index is -0.632.